The van der Waals surface area contributed by atoms with Crippen LogP contribution in [0.15, 0.2) is 30.3 Å². The van der Waals surface area contributed by atoms with Crippen molar-refractivity contribution in [2.45, 2.75) is 31.7 Å². The summed E-state index contributed by atoms with van der Waals surface area (Å²) in [6.07, 6.45) is 2.62. The minimum atomic E-state index is 0. The van der Waals surface area contributed by atoms with Gasteiger partial charge in [0.15, 0.2) is 0 Å². The van der Waals surface area contributed by atoms with Gasteiger partial charge in [-0.25, -0.2) is 0 Å². The first-order chi connectivity index (χ1) is 12.7. The van der Waals surface area contributed by atoms with Gasteiger partial charge < -0.3 is 19.9 Å². The van der Waals surface area contributed by atoms with Crippen LogP contribution >= 0.6 is 12.4 Å². The molecule has 2 saturated heterocycles. The second-order valence-electron chi connectivity index (χ2n) is 7.03. The summed E-state index contributed by atoms with van der Waals surface area (Å²) in [5.74, 6) is 0.345. The van der Waals surface area contributed by atoms with E-state index in [1.54, 1.807) is 0 Å². The van der Waals surface area contributed by atoms with Gasteiger partial charge in [0.05, 0.1) is 13.2 Å². The van der Waals surface area contributed by atoms with Gasteiger partial charge in [-0.15, -0.1) is 12.4 Å². The number of rotatable bonds is 5. The maximum Gasteiger partial charge on any atom is 0.224 e. The molecule has 3 rings (SSSR count). The Kier molecular flexibility index (Phi) is 9.04. The monoisotopic (exact) mass is 395 g/mol. The van der Waals surface area contributed by atoms with Crippen LogP contribution in [0.4, 0.5) is 0 Å². The fraction of sp³-hybridized carbons (Fsp3) is 0.600. The van der Waals surface area contributed by atoms with Crippen LogP contribution in [0.2, 0.25) is 0 Å². The average molecular weight is 396 g/mol. The van der Waals surface area contributed by atoms with Crippen molar-refractivity contribution in [3.8, 4) is 0 Å². The summed E-state index contributed by atoms with van der Waals surface area (Å²) >= 11 is 0. The fourth-order valence-corrected chi connectivity index (χ4v) is 3.56. The number of nitrogens with zero attached hydrogens (tertiary/aromatic N) is 2. The highest BCUT2D eigenvalue weighted by Crippen LogP contribution is 2.10. The lowest BCUT2D eigenvalue weighted by molar-refractivity contribution is -0.134. The minimum Gasteiger partial charge on any atom is -0.378 e. The minimum absolute atomic E-state index is 0. The van der Waals surface area contributed by atoms with Crippen LogP contribution in [0.25, 0.3) is 0 Å². The first-order valence-corrected chi connectivity index (χ1v) is 9.63. The van der Waals surface area contributed by atoms with Gasteiger partial charge in [0.1, 0.15) is 0 Å². The molecule has 2 fully saturated rings. The number of benzene rings is 1. The highest BCUT2D eigenvalue weighted by Gasteiger charge is 2.24. The summed E-state index contributed by atoms with van der Waals surface area (Å²) in [6, 6.07) is 10.2. The molecule has 1 aromatic rings. The van der Waals surface area contributed by atoms with Crippen molar-refractivity contribution >= 4 is 24.2 Å². The van der Waals surface area contributed by atoms with Gasteiger partial charge in [-0.3, -0.25) is 9.59 Å². The zero-order chi connectivity index (χ0) is 18.2. The third-order valence-corrected chi connectivity index (χ3v) is 5.09. The van der Waals surface area contributed by atoms with E-state index in [4.69, 9.17) is 4.74 Å². The van der Waals surface area contributed by atoms with Crippen LogP contribution in [0.3, 0.4) is 0 Å². The Morgan fingerprint density at radius 1 is 1.04 bits per heavy atom. The van der Waals surface area contributed by atoms with Gasteiger partial charge in [0.25, 0.3) is 0 Å². The van der Waals surface area contributed by atoms with Crippen molar-refractivity contribution in [1.29, 1.82) is 0 Å². The van der Waals surface area contributed by atoms with Gasteiger partial charge in [-0.05, 0) is 18.4 Å². The summed E-state index contributed by atoms with van der Waals surface area (Å²) in [5.41, 5.74) is 1.19. The summed E-state index contributed by atoms with van der Waals surface area (Å²) in [6.45, 7) is 4.86. The summed E-state index contributed by atoms with van der Waals surface area (Å²) in [4.78, 5) is 28.9. The molecule has 2 aliphatic rings. The topological polar surface area (TPSA) is 61.9 Å². The van der Waals surface area contributed by atoms with E-state index in [9.17, 15) is 9.59 Å². The predicted octanol–water partition coefficient (Wildman–Crippen LogP) is 1.48. The number of hydrogen-bond acceptors (Lipinski definition) is 4. The second-order valence-corrected chi connectivity index (χ2v) is 7.03. The molecule has 150 valence electrons. The zero-order valence-corrected chi connectivity index (χ0v) is 16.6. The largest absolute Gasteiger partial charge is 0.378 e. The standard InChI is InChI=1S/C20H29N3O3.ClH/c24-19(8-7-17-5-2-1-3-6-17)22-10-4-11-23(13-12-22)20(25)15-18-16-26-14-9-21-18;/h1-3,5-6,18,21H,4,7-16H2;1H. The second kappa shape index (κ2) is 11.3. The zero-order valence-electron chi connectivity index (χ0n) is 15.8. The molecule has 1 N–H and O–H groups in total. The van der Waals surface area contributed by atoms with E-state index in [-0.39, 0.29) is 30.3 Å². The summed E-state index contributed by atoms with van der Waals surface area (Å²) < 4.78 is 5.42. The molecule has 6 nitrogen and oxygen atoms in total. The van der Waals surface area contributed by atoms with Crippen LogP contribution in [-0.4, -0.2) is 73.6 Å². The highest BCUT2D eigenvalue weighted by molar-refractivity contribution is 5.85. The molecule has 0 aromatic heterocycles. The molecule has 0 bridgehead atoms. The lowest BCUT2D eigenvalue weighted by atomic mass is 10.1. The lowest BCUT2D eigenvalue weighted by Crippen LogP contribution is -2.45. The van der Waals surface area contributed by atoms with Gasteiger partial charge in [-0.2, -0.15) is 0 Å². The number of ether oxygens (including phenoxy) is 1. The molecule has 2 heterocycles. The Balaban J connectivity index is 0.00000261. The third-order valence-electron chi connectivity index (χ3n) is 5.09. The van der Waals surface area contributed by atoms with Crippen LogP contribution in [0.5, 0.6) is 0 Å². The van der Waals surface area contributed by atoms with Crippen molar-refractivity contribution in [3.05, 3.63) is 35.9 Å². The molecule has 2 aliphatic heterocycles. The Hall–Kier alpha value is -1.63. The van der Waals surface area contributed by atoms with E-state index in [0.717, 1.165) is 32.5 Å². The number of halogens is 1. The molecular formula is C20H30ClN3O3. The van der Waals surface area contributed by atoms with Crippen molar-refractivity contribution in [3.63, 3.8) is 0 Å². The predicted molar refractivity (Wildman–Crippen MR) is 107 cm³/mol. The van der Waals surface area contributed by atoms with E-state index < -0.39 is 0 Å². The maximum atomic E-state index is 12.5. The Labute approximate surface area is 167 Å². The van der Waals surface area contributed by atoms with Gasteiger partial charge in [0, 0.05) is 51.6 Å². The van der Waals surface area contributed by atoms with Gasteiger partial charge in [-0.1, -0.05) is 30.3 Å². The van der Waals surface area contributed by atoms with Gasteiger partial charge in [0.2, 0.25) is 11.8 Å². The van der Waals surface area contributed by atoms with E-state index in [1.165, 1.54) is 5.56 Å². The normalized spacial score (nSPS) is 20.5. The van der Waals surface area contributed by atoms with Crippen LogP contribution in [0, 0.1) is 0 Å². The number of carbonyl (C=O) groups excluding carboxylic acids is 2. The number of carbonyl (C=O) groups is 2. The summed E-state index contributed by atoms with van der Waals surface area (Å²) in [7, 11) is 0. The molecule has 0 aliphatic carbocycles. The Morgan fingerprint density at radius 3 is 2.41 bits per heavy atom. The first-order valence-electron chi connectivity index (χ1n) is 9.63. The molecule has 1 unspecified atom stereocenters. The molecule has 1 aromatic carbocycles. The van der Waals surface area contributed by atoms with E-state index in [0.29, 0.717) is 39.1 Å². The molecule has 1 atom stereocenters. The molecule has 0 saturated carbocycles. The first kappa shape index (κ1) is 21.7. The van der Waals surface area contributed by atoms with Gasteiger partial charge >= 0.3 is 0 Å². The molecule has 2 amide bonds. The molecule has 27 heavy (non-hydrogen) atoms. The highest BCUT2D eigenvalue weighted by atomic mass is 35.5. The fourth-order valence-electron chi connectivity index (χ4n) is 3.56. The van der Waals surface area contributed by atoms with Crippen LogP contribution in [0.1, 0.15) is 24.8 Å². The molecular weight excluding hydrogens is 366 g/mol. The number of morpholine rings is 1. The number of nitrogens with one attached hydrogen (secondary N) is 1. The van der Waals surface area contributed by atoms with E-state index in [2.05, 4.69) is 17.4 Å². The average Bonchev–Trinajstić information content (AvgIpc) is 2.94. The van der Waals surface area contributed by atoms with Crippen molar-refractivity contribution in [1.82, 2.24) is 15.1 Å². The number of amides is 2. The quantitative estimate of drug-likeness (QED) is 0.820. The van der Waals surface area contributed by atoms with Crippen LogP contribution in [-0.2, 0) is 20.7 Å². The molecule has 0 spiro atoms. The number of hydrogen-bond donors (Lipinski definition) is 1. The van der Waals surface area contributed by atoms with E-state index >= 15 is 0 Å². The van der Waals surface area contributed by atoms with Crippen molar-refractivity contribution in [2.24, 2.45) is 0 Å². The smallest absolute Gasteiger partial charge is 0.224 e. The SMILES string of the molecule is Cl.O=C(CCc1ccccc1)N1CCCN(C(=O)CC2COCCN2)CC1. The van der Waals surface area contributed by atoms with Crippen molar-refractivity contribution in [2.75, 3.05) is 45.9 Å². The lowest BCUT2D eigenvalue weighted by Gasteiger charge is -2.27. The van der Waals surface area contributed by atoms with Crippen molar-refractivity contribution < 1.29 is 14.3 Å². The molecule has 0 radical (unpaired) electrons. The van der Waals surface area contributed by atoms with E-state index in [1.807, 2.05) is 28.0 Å². The third kappa shape index (κ3) is 6.79. The molecule has 7 heteroatoms. The number of aryl methyl sites for hydroxylation is 1. The maximum absolute atomic E-state index is 12.5. The summed E-state index contributed by atoms with van der Waals surface area (Å²) in [5, 5.41) is 3.33. The van der Waals surface area contributed by atoms with Crippen LogP contribution < -0.4 is 5.32 Å². The Bertz CT molecular complexity index is 593. The Morgan fingerprint density at radius 2 is 1.74 bits per heavy atom.